The van der Waals surface area contributed by atoms with E-state index in [-0.39, 0.29) is 6.42 Å². The van der Waals surface area contributed by atoms with Crippen LogP contribution in [0.15, 0.2) is 0 Å². The number of rotatable bonds is 28. The molecule has 0 spiro atoms. The first-order chi connectivity index (χ1) is 32.0. The van der Waals surface area contributed by atoms with Crippen LogP contribution < -0.4 is 0 Å². The molecule has 9 N–H and O–H groups in total. The average molecular weight is 1030 g/mol. The lowest BCUT2D eigenvalue weighted by Crippen LogP contribution is -2.65. The average Bonchev–Trinajstić information content (AvgIpc) is 3.24. The number of hydrogen-bond acceptors (Lipinski definition) is 15. The fraction of sp³-hybridized carbons (Fsp3) is 0.571. The van der Waals surface area contributed by atoms with Gasteiger partial charge in [-0.1, -0.05) is 84.0 Å². The lowest BCUT2D eigenvalue weighted by atomic mass is 9.85. The van der Waals surface area contributed by atoms with Gasteiger partial charge in [0.15, 0.2) is 6.10 Å². The topological polar surface area (TPSA) is 349 Å². The van der Waals surface area contributed by atoms with Crippen molar-refractivity contribution in [3.05, 3.63) is 0 Å². The molecule has 68 heavy (non-hydrogen) atoms. The van der Waals surface area contributed by atoms with Gasteiger partial charge in [0.2, 0.25) is 0 Å². The van der Waals surface area contributed by atoms with E-state index in [0.29, 0.717) is 12.8 Å². The van der Waals surface area contributed by atoms with E-state index < -0.39 is 99.2 Å². The summed E-state index contributed by atoms with van der Waals surface area (Å²) in [6.45, 7) is 0.165. The predicted octanol–water partition coefficient (Wildman–Crippen LogP) is 2.25. The Hall–Kier alpha value is -4.22. The summed E-state index contributed by atoms with van der Waals surface area (Å²) in [5, 5.41) is 21.7. The third-order valence-corrected chi connectivity index (χ3v) is 11.2. The molecular formula is C42H52O22P4. The van der Waals surface area contributed by atoms with Crippen molar-refractivity contribution in [1.82, 2.24) is 0 Å². The number of hydrogen-bond donors (Lipinski definition) is 9. The summed E-state index contributed by atoms with van der Waals surface area (Å²) >= 11 is 0. The van der Waals surface area contributed by atoms with Crippen LogP contribution in [0.5, 0.6) is 0 Å². The zero-order chi connectivity index (χ0) is 51.1. The number of aliphatic hydroxyl groups excluding tert-OH is 2. The van der Waals surface area contributed by atoms with Crippen LogP contribution in [-0.4, -0.2) is 112 Å². The Morgan fingerprint density at radius 1 is 0.515 bits per heavy atom. The van der Waals surface area contributed by atoms with E-state index in [1.54, 1.807) is 0 Å². The molecule has 0 aromatic carbocycles. The van der Waals surface area contributed by atoms with E-state index in [1.165, 1.54) is 38.5 Å². The molecule has 0 aromatic heterocycles. The quantitative estimate of drug-likeness (QED) is 0.0178. The number of esters is 2. The predicted molar refractivity (Wildman–Crippen MR) is 238 cm³/mol. The summed E-state index contributed by atoms with van der Waals surface area (Å²) in [7, 11) is -23.2. The monoisotopic (exact) mass is 1030 g/mol. The van der Waals surface area contributed by atoms with E-state index in [9.17, 15) is 72.3 Å². The van der Waals surface area contributed by atoms with Gasteiger partial charge < -0.3 is 53.9 Å². The molecule has 8 atom stereocenters. The summed E-state index contributed by atoms with van der Waals surface area (Å²) < 4.78 is 81.1. The SMILES string of the molecule is C#CC#CC#CC#CC#CC#CC#CC#CC(=O)OC[C@H](COP(=O)(O)OC1C(O)[C@@H](OP(=O)(O)O)C(OP(=O)(O)O)[C@@H](OP(=O)(O)O)[C@H]1O)OC(=O)CCCCCCCCCCCCCCC. The molecule has 0 bridgehead atoms. The van der Waals surface area contributed by atoms with Crippen LogP contribution in [0.1, 0.15) is 96.8 Å². The van der Waals surface area contributed by atoms with Crippen LogP contribution >= 0.6 is 31.3 Å². The summed E-state index contributed by atoms with van der Waals surface area (Å²) in [6, 6.07) is 0. The van der Waals surface area contributed by atoms with Gasteiger partial charge in [-0.15, -0.1) is 6.42 Å². The van der Waals surface area contributed by atoms with Crippen LogP contribution in [0.4, 0.5) is 0 Å². The van der Waals surface area contributed by atoms with Crippen LogP contribution in [0.25, 0.3) is 0 Å². The number of aliphatic hydroxyl groups is 2. The Morgan fingerprint density at radius 3 is 1.31 bits per heavy atom. The van der Waals surface area contributed by atoms with E-state index in [4.69, 9.17) is 24.9 Å². The largest absolute Gasteiger partial charge is 0.472 e. The maximum absolute atomic E-state index is 13.2. The fourth-order valence-electron chi connectivity index (χ4n) is 5.79. The molecule has 26 heteroatoms. The number of carbonyl (C=O) groups is 2. The van der Waals surface area contributed by atoms with E-state index in [0.717, 1.165) is 32.1 Å². The van der Waals surface area contributed by atoms with Gasteiger partial charge in [0.25, 0.3) is 0 Å². The van der Waals surface area contributed by atoms with Crippen molar-refractivity contribution < 1.29 is 104 Å². The van der Waals surface area contributed by atoms with Crippen molar-refractivity contribution in [2.24, 2.45) is 0 Å². The van der Waals surface area contributed by atoms with Gasteiger partial charge in [-0.2, -0.15) is 0 Å². The van der Waals surface area contributed by atoms with Crippen LogP contribution in [0.2, 0.25) is 0 Å². The Morgan fingerprint density at radius 2 is 0.897 bits per heavy atom. The molecule has 0 amide bonds. The highest BCUT2D eigenvalue weighted by molar-refractivity contribution is 7.47. The van der Waals surface area contributed by atoms with Crippen molar-refractivity contribution >= 4 is 43.2 Å². The molecule has 4 unspecified atom stereocenters. The molecule has 22 nitrogen and oxygen atoms in total. The van der Waals surface area contributed by atoms with E-state index >= 15 is 0 Å². The first-order valence-corrected chi connectivity index (χ1v) is 26.6. The first-order valence-electron chi connectivity index (χ1n) is 20.5. The van der Waals surface area contributed by atoms with Crippen LogP contribution in [-0.2, 0) is 59.9 Å². The van der Waals surface area contributed by atoms with Crippen molar-refractivity contribution in [2.45, 2.75) is 140 Å². The minimum Gasteiger partial charge on any atom is -0.456 e. The number of ether oxygens (including phenoxy) is 2. The normalized spacial score (nSPS) is 19.8. The number of terminal acetylenes is 1. The Balaban J connectivity index is 3.13. The molecule has 1 rings (SSSR count). The molecule has 1 fully saturated rings. The van der Waals surface area contributed by atoms with Crippen LogP contribution in [0, 0.1) is 95.2 Å². The molecule has 0 saturated heterocycles. The minimum absolute atomic E-state index is 0.139. The van der Waals surface area contributed by atoms with Gasteiger partial charge in [0.05, 0.1) is 6.61 Å². The third-order valence-electron chi connectivity index (χ3n) is 8.62. The Kier molecular flexibility index (Phi) is 30.3. The molecule has 0 heterocycles. The summed E-state index contributed by atoms with van der Waals surface area (Å²) in [5.41, 5.74) is 0. The molecule has 1 aliphatic carbocycles. The van der Waals surface area contributed by atoms with Crippen molar-refractivity contribution in [1.29, 1.82) is 0 Å². The van der Waals surface area contributed by atoms with Crippen molar-refractivity contribution in [2.75, 3.05) is 13.2 Å². The number of unbranched alkanes of at least 4 members (excludes halogenated alkanes) is 12. The highest BCUT2D eigenvalue weighted by Crippen LogP contribution is 2.53. The van der Waals surface area contributed by atoms with Crippen LogP contribution in [0.3, 0.4) is 0 Å². The number of phosphoric acid groups is 4. The Labute approximate surface area is 394 Å². The highest BCUT2D eigenvalue weighted by Gasteiger charge is 2.59. The molecule has 0 aliphatic heterocycles. The molecule has 1 aliphatic rings. The summed E-state index contributed by atoms with van der Waals surface area (Å²) in [5.74, 6) is 32.2. The molecule has 0 aromatic rings. The zero-order valence-electron chi connectivity index (χ0n) is 36.6. The molecule has 0 radical (unpaired) electrons. The van der Waals surface area contributed by atoms with Gasteiger partial charge in [-0.3, -0.25) is 27.4 Å². The smallest absolute Gasteiger partial charge is 0.456 e. The third kappa shape index (κ3) is 31.0. The van der Waals surface area contributed by atoms with E-state index in [2.05, 4.69) is 103 Å². The van der Waals surface area contributed by atoms with Crippen molar-refractivity contribution in [3.8, 4) is 95.2 Å². The maximum atomic E-state index is 13.2. The van der Waals surface area contributed by atoms with Gasteiger partial charge in [-0.25, -0.2) is 23.1 Å². The first kappa shape index (κ1) is 61.8. The second kappa shape index (κ2) is 33.3. The summed E-state index contributed by atoms with van der Waals surface area (Å²) in [6.07, 6.45) is -0.185. The fourth-order valence-corrected chi connectivity index (χ4v) is 8.45. The maximum Gasteiger partial charge on any atom is 0.472 e. The molecule has 372 valence electrons. The second-order valence-corrected chi connectivity index (χ2v) is 19.1. The molecule has 1 saturated carbocycles. The second-order valence-electron chi connectivity index (χ2n) is 14.1. The lowest BCUT2D eigenvalue weighted by molar-refractivity contribution is -0.209. The van der Waals surface area contributed by atoms with Crippen molar-refractivity contribution in [3.63, 3.8) is 0 Å². The standard InChI is InChI=1S/C42H52O22P4/c1-3-5-7-9-11-13-15-17-19-20-22-24-26-28-30-35(43)58-32-34(60-36(44)31-29-27-25-23-21-18-16-14-12-10-8-6-4-2)33-59-68(56,57)64-39-37(45)40(61-65(47,48)49)42(63-67(53,54)55)41(38(39)46)62-66(50,51)52/h1,34,37-42,45-46H,4,6,8,10,12,14,16,18,21,23,25,27,29,31-33H2,2H3,(H,56,57)(H2,47,48,49)(H2,50,51,52)(H2,53,54,55)/t34-,37+,38?,39?,40+,41-,42?/m1/s1. The highest BCUT2D eigenvalue weighted by atomic mass is 31.2. The lowest BCUT2D eigenvalue weighted by Gasteiger charge is -2.45. The Bertz CT molecular complexity index is 2310. The molecular weight excluding hydrogens is 980 g/mol. The number of carbonyl (C=O) groups excluding carboxylic acids is 2. The van der Waals surface area contributed by atoms with Gasteiger partial charge in [-0.05, 0) is 89.3 Å². The van der Waals surface area contributed by atoms with E-state index in [1.807, 2.05) is 5.92 Å². The minimum atomic E-state index is -5.82. The van der Waals surface area contributed by atoms with Gasteiger partial charge in [0.1, 0.15) is 43.2 Å². The summed E-state index contributed by atoms with van der Waals surface area (Å²) in [4.78, 5) is 92.1. The number of phosphoric ester groups is 4. The van der Waals surface area contributed by atoms with Gasteiger partial charge in [0, 0.05) is 12.3 Å². The zero-order valence-corrected chi connectivity index (χ0v) is 40.1. The van der Waals surface area contributed by atoms with Gasteiger partial charge >= 0.3 is 43.2 Å².